The van der Waals surface area contributed by atoms with Crippen molar-refractivity contribution in [3.63, 3.8) is 0 Å². The summed E-state index contributed by atoms with van der Waals surface area (Å²) in [7, 11) is 0. The molecule has 4 heteroatoms. The van der Waals surface area contributed by atoms with Crippen molar-refractivity contribution in [2.75, 3.05) is 18.7 Å². The first-order valence-corrected chi connectivity index (χ1v) is 4.53. The lowest BCUT2D eigenvalue weighted by atomic mass is 10.1. The van der Waals surface area contributed by atoms with Gasteiger partial charge in [-0.1, -0.05) is 12.1 Å². The molecule has 0 amide bonds. The van der Waals surface area contributed by atoms with Crippen LogP contribution in [0.25, 0.3) is 0 Å². The maximum Gasteiger partial charge on any atom is 0.192 e. The molecule has 14 heavy (non-hydrogen) atoms. The lowest BCUT2D eigenvalue weighted by Crippen LogP contribution is -2.22. The van der Waals surface area contributed by atoms with E-state index in [4.69, 9.17) is 14.7 Å². The maximum atomic E-state index is 8.65. The van der Waals surface area contributed by atoms with E-state index in [1.54, 1.807) is 12.1 Å². The van der Waals surface area contributed by atoms with Crippen LogP contribution in [0.15, 0.2) is 24.3 Å². The average Bonchev–Trinajstić information content (AvgIpc) is 2.67. The van der Waals surface area contributed by atoms with Crippen LogP contribution in [-0.2, 0) is 15.3 Å². The van der Waals surface area contributed by atoms with Gasteiger partial charge in [0.2, 0.25) is 0 Å². The normalized spacial score (nSPS) is 19.6. The summed E-state index contributed by atoms with van der Waals surface area (Å²) in [5.74, 6) is -0.631. The molecular formula is C10H13NO3. The molecule has 2 rings (SSSR count). The monoisotopic (exact) mass is 195 g/mol. The topological polar surface area (TPSA) is 50.7 Å². The van der Waals surface area contributed by atoms with E-state index < -0.39 is 5.79 Å². The summed E-state index contributed by atoms with van der Waals surface area (Å²) in [6, 6.07) is 7.27. The third-order valence-corrected chi connectivity index (χ3v) is 2.38. The lowest BCUT2D eigenvalue weighted by molar-refractivity contribution is -0.149. The Hall–Kier alpha value is -1.10. The number of anilines is 1. The Morgan fingerprint density at radius 3 is 2.29 bits per heavy atom. The van der Waals surface area contributed by atoms with E-state index in [-0.39, 0.29) is 0 Å². The zero-order valence-electron chi connectivity index (χ0n) is 7.99. The van der Waals surface area contributed by atoms with E-state index in [0.717, 1.165) is 5.56 Å². The number of hydrogen-bond acceptors (Lipinski definition) is 4. The van der Waals surface area contributed by atoms with Crippen LogP contribution >= 0.6 is 0 Å². The largest absolute Gasteiger partial charge is 0.344 e. The Kier molecular flexibility index (Phi) is 2.41. The van der Waals surface area contributed by atoms with Gasteiger partial charge >= 0.3 is 0 Å². The van der Waals surface area contributed by atoms with E-state index in [2.05, 4.69) is 5.48 Å². The van der Waals surface area contributed by atoms with E-state index in [1.165, 1.54) is 0 Å². The van der Waals surface area contributed by atoms with Gasteiger partial charge in [0.1, 0.15) is 0 Å². The first kappa shape index (κ1) is 9.45. The summed E-state index contributed by atoms with van der Waals surface area (Å²) in [6.45, 7) is 3.13. The van der Waals surface area contributed by atoms with Crippen molar-refractivity contribution in [3.05, 3.63) is 29.8 Å². The van der Waals surface area contributed by atoms with Crippen molar-refractivity contribution < 1.29 is 14.7 Å². The summed E-state index contributed by atoms with van der Waals surface area (Å²) in [4.78, 5) is 0. The maximum absolute atomic E-state index is 8.65. The van der Waals surface area contributed by atoms with Crippen LogP contribution < -0.4 is 5.48 Å². The van der Waals surface area contributed by atoms with Crippen molar-refractivity contribution in [3.8, 4) is 0 Å². The third kappa shape index (κ3) is 1.59. The van der Waals surface area contributed by atoms with Crippen LogP contribution in [0, 0.1) is 0 Å². The highest BCUT2D eigenvalue weighted by Gasteiger charge is 2.32. The molecule has 2 N–H and O–H groups in total. The van der Waals surface area contributed by atoms with Gasteiger partial charge in [-0.25, -0.2) is 0 Å². The second kappa shape index (κ2) is 3.57. The van der Waals surface area contributed by atoms with Gasteiger partial charge in [0, 0.05) is 5.56 Å². The number of ether oxygens (including phenoxy) is 2. The molecule has 76 valence electrons. The highest BCUT2D eigenvalue weighted by Crippen LogP contribution is 2.31. The van der Waals surface area contributed by atoms with E-state index >= 15 is 0 Å². The van der Waals surface area contributed by atoms with Crippen LogP contribution in [0.3, 0.4) is 0 Å². The van der Waals surface area contributed by atoms with Crippen molar-refractivity contribution in [1.29, 1.82) is 0 Å². The van der Waals surface area contributed by atoms with Crippen LogP contribution in [0.2, 0.25) is 0 Å². The second-order valence-electron chi connectivity index (χ2n) is 3.33. The first-order valence-electron chi connectivity index (χ1n) is 4.53. The van der Waals surface area contributed by atoms with Crippen molar-refractivity contribution in [1.82, 2.24) is 0 Å². The Balaban J connectivity index is 2.23. The molecule has 0 unspecified atom stereocenters. The summed E-state index contributed by atoms with van der Waals surface area (Å²) >= 11 is 0. The molecule has 1 saturated heterocycles. The molecule has 0 bridgehead atoms. The lowest BCUT2D eigenvalue weighted by Gasteiger charge is -2.22. The quantitative estimate of drug-likeness (QED) is 0.705. The summed E-state index contributed by atoms with van der Waals surface area (Å²) < 4.78 is 11.0. The molecule has 0 aliphatic carbocycles. The van der Waals surface area contributed by atoms with Crippen molar-refractivity contribution in [2.24, 2.45) is 0 Å². The molecule has 1 aromatic carbocycles. The predicted octanol–water partition coefficient (Wildman–Crippen LogP) is 1.71. The van der Waals surface area contributed by atoms with E-state index in [1.807, 2.05) is 19.1 Å². The van der Waals surface area contributed by atoms with Gasteiger partial charge in [-0.15, -0.1) is 0 Å². The number of rotatable bonds is 2. The molecule has 1 aliphatic heterocycles. The first-order chi connectivity index (χ1) is 6.74. The molecule has 1 heterocycles. The second-order valence-corrected chi connectivity index (χ2v) is 3.33. The Morgan fingerprint density at radius 2 is 1.79 bits per heavy atom. The zero-order valence-corrected chi connectivity index (χ0v) is 7.99. The highest BCUT2D eigenvalue weighted by molar-refractivity contribution is 5.43. The average molecular weight is 195 g/mol. The fourth-order valence-electron chi connectivity index (χ4n) is 1.53. The molecule has 1 fully saturated rings. The minimum Gasteiger partial charge on any atom is -0.344 e. The highest BCUT2D eigenvalue weighted by atomic mass is 16.7. The predicted molar refractivity (Wildman–Crippen MR) is 51.1 cm³/mol. The Labute approximate surface area is 82.4 Å². The van der Waals surface area contributed by atoms with E-state index in [9.17, 15) is 0 Å². The van der Waals surface area contributed by atoms with Crippen LogP contribution in [-0.4, -0.2) is 18.4 Å². The van der Waals surface area contributed by atoms with Gasteiger partial charge in [0.25, 0.3) is 0 Å². The van der Waals surface area contributed by atoms with E-state index in [0.29, 0.717) is 18.9 Å². The van der Waals surface area contributed by atoms with Crippen LogP contribution in [0.5, 0.6) is 0 Å². The summed E-state index contributed by atoms with van der Waals surface area (Å²) in [6.07, 6.45) is 0. The fraction of sp³-hybridized carbons (Fsp3) is 0.400. The smallest absolute Gasteiger partial charge is 0.192 e. The van der Waals surface area contributed by atoms with Gasteiger partial charge < -0.3 is 9.47 Å². The molecule has 4 nitrogen and oxygen atoms in total. The van der Waals surface area contributed by atoms with Gasteiger partial charge in [-0.05, 0) is 19.1 Å². The SMILES string of the molecule is CC1(c2ccc(NO)cc2)OCCO1. The zero-order chi connectivity index (χ0) is 10.0. The third-order valence-electron chi connectivity index (χ3n) is 2.38. The minimum atomic E-state index is -0.631. The van der Waals surface area contributed by atoms with Crippen molar-refractivity contribution >= 4 is 5.69 Å². The van der Waals surface area contributed by atoms with Gasteiger partial charge in [0.05, 0.1) is 18.9 Å². The molecule has 0 aromatic heterocycles. The van der Waals surface area contributed by atoms with Crippen molar-refractivity contribution in [2.45, 2.75) is 12.7 Å². The number of hydrogen-bond donors (Lipinski definition) is 2. The Morgan fingerprint density at radius 1 is 1.21 bits per heavy atom. The molecule has 1 aromatic rings. The van der Waals surface area contributed by atoms with Gasteiger partial charge in [0.15, 0.2) is 5.79 Å². The molecule has 0 radical (unpaired) electrons. The van der Waals surface area contributed by atoms with Crippen LogP contribution in [0.4, 0.5) is 5.69 Å². The standard InChI is InChI=1S/C10H13NO3/c1-10(13-6-7-14-10)8-2-4-9(11-12)5-3-8/h2-5,11-12H,6-7H2,1H3. The molecule has 1 aliphatic rings. The Bertz CT molecular complexity index is 304. The summed E-state index contributed by atoms with van der Waals surface area (Å²) in [5.41, 5.74) is 3.68. The van der Waals surface area contributed by atoms with Gasteiger partial charge in [-0.2, -0.15) is 0 Å². The number of benzene rings is 1. The molecule has 0 atom stereocenters. The van der Waals surface area contributed by atoms with Gasteiger partial charge in [-0.3, -0.25) is 10.7 Å². The summed E-state index contributed by atoms with van der Waals surface area (Å²) in [5, 5.41) is 8.65. The molecule has 0 saturated carbocycles. The molecular weight excluding hydrogens is 182 g/mol. The molecule has 0 spiro atoms. The van der Waals surface area contributed by atoms with Crippen LogP contribution in [0.1, 0.15) is 12.5 Å². The minimum absolute atomic E-state index is 0.622. The number of nitrogens with one attached hydrogen (secondary N) is 1. The fourth-order valence-corrected chi connectivity index (χ4v) is 1.53.